The number of carbonyl (C=O) groups is 2. The van der Waals surface area contributed by atoms with Gasteiger partial charge in [-0.15, -0.1) is 0 Å². The van der Waals surface area contributed by atoms with Crippen LogP contribution in [0.1, 0.15) is 36.1 Å². The highest BCUT2D eigenvalue weighted by atomic mass is 32.2. The lowest BCUT2D eigenvalue weighted by molar-refractivity contribution is -0.138. The van der Waals surface area contributed by atoms with Crippen LogP contribution in [0, 0.1) is 0 Å². The largest absolute Gasteiger partial charge is 0.480 e. The number of halogens is 3. The number of rotatable bonds is 6. The minimum Gasteiger partial charge on any atom is -0.480 e. The molecule has 8 nitrogen and oxygen atoms in total. The first-order valence-corrected chi connectivity index (χ1v) is 11.9. The summed E-state index contributed by atoms with van der Waals surface area (Å²) >= 11 is 1.06. The summed E-state index contributed by atoms with van der Waals surface area (Å²) in [4.78, 5) is 28.8. The zero-order valence-corrected chi connectivity index (χ0v) is 20.9. The zero-order chi connectivity index (χ0) is 27.1. The van der Waals surface area contributed by atoms with Crippen LogP contribution in [-0.4, -0.2) is 55.5 Å². The number of carboxylic acids is 1. The standard InChI is InChI=1S/C25H23F3N4O4S/c1-24(2,36)17-6-5-15(18(10-17)25(26,27)28)12-32-19-7-4-14(8-16(19)11-29-32)9-20-22(35)30-23(37-20)31(3)13-21(33)34/h4-11,36H,12-13H2,1-3H3,(H,33,34)/b20-9-. The van der Waals surface area contributed by atoms with Crippen molar-refractivity contribution in [3.63, 3.8) is 0 Å². The minimum atomic E-state index is -4.61. The number of hydrogen-bond acceptors (Lipinski definition) is 6. The maximum absolute atomic E-state index is 13.8. The van der Waals surface area contributed by atoms with Crippen molar-refractivity contribution < 1.29 is 33.0 Å². The number of benzene rings is 2. The van der Waals surface area contributed by atoms with Gasteiger partial charge in [-0.2, -0.15) is 23.3 Å². The molecule has 0 atom stereocenters. The Labute approximate surface area is 214 Å². The molecule has 0 bridgehead atoms. The van der Waals surface area contributed by atoms with Crippen molar-refractivity contribution in [2.24, 2.45) is 4.99 Å². The number of aromatic nitrogens is 2. The number of carboxylic acid groups (broad SMARTS) is 1. The monoisotopic (exact) mass is 532 g/mol. The van der Waals surface area contributed by atoms with Gasteiger partial charge in [0.1, 0.15) is 6.54 Å². The first-order chi connectivity index (χ1) is 17.2. The summed E-state index contributed by atoms with van der Waals surface area (Å²) in [6.07, 6.45) is -1.46. The first-order valence-electron chi connectivity index (χ1n) is 11.1. The third kappa shape index (κ3) is 5.86. The van der Waals surface area contributed by atoms with Gasteiger partial charge in [0.25, 0.3) is 5.91 Å². The van der Waals surface area contributed by atoms with Crippen LogP contribution in [0.25, 0.3) is 17.0 Å². The third-order valence-corrected chi connectivity index (χ3v) is 6.81. The Morgan fingerprint density at radius 2 is 1.92 bits per heavy atom. The van der Waals surface area contributed by atoms with Gasteiger partial charge >= 0.3 is 12.1 Å². The van der Waals surface area contributed by atoms with E-state index in [9.17, 15) is 27.9 Å². The Hall–Kier alpha value is -3.64. The van der Waals surface area contributed by atoms with Crippen molar-refractivity contribution in [1.29, 1.82) is 0 Å². The van der Waals surface area contributed by atoms with Crippen molar-refractivity contribution in [2.45, 2.75) is 32.2 Å². The molecule has 1 aliphatic rings. The van der Waals surface area contributed by atoms with Gasteiger partial charge in [-0.3, -0.25) is 14.3 Å². The summed E-state index contributed by atoms with van der Waals surface area (Å²) in [7, 11) is 1.53. The number of aliphatic hydroxyl groups is 1. The smallest absolute Gasteiger partial charge is 0.416 e. The molecule has 2 heterocycles. The normalized spacial score (nSPS) is 15.5. The molecule has 194 valence electrons. The van der Waals surface area contributed by atoms with Crippen molar-refractivity contribution in [1.82, 2.24) is 14.7 Å². The van der Waals surface area contributed by atoms with Gasteiger partial charge in [-0.25, -0.2) is 0 Å². The second-order valence-electron chi connectivity index (χ2n) is 9.11. The predicted molar refractivity (Wildman–Crippen MR) is 134 cm³/mol. The molecule has 0 unspecified atom stereocenters. The van der Waals surface area contributed by atoms with E-state index in [1.807, 2.05) is 0 Å². The van der Waals surface area contributed by atoms with Gasteiger partial charge < -0.3 is 15.1 Å². The number of nitrogens with zero attached hydrogens (tertiary/aromatic N) is 4. The van der Waals surface area contributed by atoms with E-state index < -0.39 is 29.2 Å². The number of fused-ring (bicyclic) bond motifs is 1. The third-order valence-electron chi connectivity index (χ3n) is 5.71. The van der Waals surface area contributed by atoms with Crippen LogP contribution in [-0.2, 0) is 27.9 Å². The number of likely N-dealkylation sites (N-methyl/N-ethyl adjacent to an activating group) is 1. The molecule has 3 aromatic rings. The summed E-state index contributed by atoms with van der Waals surface area (Å²) in [5, 5.41) is 24.3. The highest BCUT2D eigenvalue weighted by Gasteiger charge is 2.35. The summed E-state index contributed by atoms with van der Waals surface area (Å²) in [5.74, 6) is -1.53. The van der Waals surface area contributed by atoms with Crippen molar-refractivity contribution >= 4 is 45.8 Å². The van der Waals surface area contributed by atoms with Gasteiger partial charge in [-0.1, -0.05) is 18.2 Å². The molecule has 37 heavy (non-hydrogen) atoms. The van der Waals surface area contributed by atoms with Gasteiger partial charge in [0.2, 0.25) is 0 Å². The number of amidine groups is 1. The van der Waals surface area contributed by atoms with E-state index in [0.29, 0.717) is 21.4 Å². The van der Waals surface area contributed by atoms with Crippen LogP contribution in [0.5, 0.6) is 0 Å². The van der Waals surface area contributed by atoms with E-state index in [0.717, 1.165) is 17.8 Å². The van der Waals surface area contributed by atoms with E-state index in [1.165, 1.54) is 48.8 Å². The molecule has 4 rings (SSSR count). The van der Waals surface area contributed by atoms with E-state index in [2.05, 4.69) is 10.1 Å². The Kier molecular flexibility index (Phi) is 6.91. The lowest BCUT2D eigenvalue weighted by atomic mass is 9.93. The molecule has 0 radical (unpaired) electrons. The summed E-state index contributed by atoms with van der Waals surface area (Å²) in [6.45, 7) is 2.42. The van der Waals surface area contributed by atoms with Crippen molar-refractivity contribution in [3.05, 3.63) is 69.8 Å². The second-order valence-corrected chi connectivity index (χ2v) is 10.1. The van der Waals surface area contributed by atoms with Gasteiger partial charge in [-0.05, 0) is 66.6 Å². The molecule has 1 amide bonds. The molecule has 2 aromatic carbocycles. The van der Waals surface area contributed by atoms with Crippen molar-refractivity contribution in [3.8, 4) is 0 Å². The Bertz CT molecular complexity index is 1450. The second kappa shape index (κ2) is 9.67. The van der Waals surface area contributed by atoms with Gasteiger partial charge in [0, 0.05) is 12.4 Å². The number of aliphatic imine (C=N–C) groups is 1. The lowest BCUT2D eigenvalue weighted by Crippen LogP contribution is -2.29. The Balaban J connectivity index is 1.59. The van der Waals surface area contributed by atoms with Crippen LogP contribution in [0.4, 0.5) is 13.2 Å². The number of amides is 1. The maximum Gasteiger partial charge on any atom is 0.416 e. The van der Waals surface area contributed by atoms with E-state index in [1.54, 1.807) is 24.3 Å². The first kappa shape index (κ1) is 26.4. The molecular formula is C25H23F3N4O4S. The molecule has 0 fully saturated rings. The van der Waals surface area contributed by atoms with E-state index in [-0.39, 0.29) is 29.4 Å². The number of aliphatic carboxylic acids is 1. The molecule has 12 heteroatoms. The molecule has 2 N–H and O–H groups in total. The Morgan fingerprint density at radius 3 is 2.57 bits per heavy atom. The number of hydrogen-bond donors (Lipinski definition) is 2. The predicted octanol–water partition coefficient (Wildman–Crippen LogP) is 4.32. The zero-order valence-electron chi connectivity index (χ0n) is 20.1. The maximum atomic E-state index is 13.8. The molecule has 0 saturated heterocycles. The van der Waals surface area contributed by atoms with Crippen LogP contribution >= 0.6 is 11.8 Å². The topological polar surface area (TPSA) is 108 Å². The summed E-state index contributed by atoms with van der Waals surface area (Å²) in [5.41, 5.74) is -0.820. The van der Waals surface area contributed by atoms with E-state index in [4.69, 9.17) is 5.11 Å². The average Bonchev–Trinajstić information content (AvgIpc) is 3.35. The molecule has 0 spiro atoms. The quantitative estimate of drug-likeness (QED) is 0.456. The SMILES string of the molecule is CN(CC(=O)O)C1=NC(=O)/C(=C/c2ccc3c(cnn3Cc3ccc(C(C)(C)O)cc3C(F)(F)F)c2)S1. The van der Waals surface area contributed by atoms with Crippen LogP contribution in [0.3, 0.4) is 0 Å². The summed E-state index contributed by atoms with van der Waals surface area (Å²) in [6, 6.07) is 8.95. The van der Waals surface area contributed by atoms with E-state index >= 15 is 0 Å². The number of alkyl halides is 3. The van der Waals surface area contributed by atoms with Crippen LogP contribution in [0.15, 0.2) is 52.5 Å². The highest BCUT2D eigenvalue weighted by Crippen LogP contribution is 2.36. The highest BCUT2D eigenvalue weighted by molar-refractivity contribution is 8.18. The molecule has 0 saturated carbocycles. The lowest BCUT2D eigenvalue weighted by Gasteiger charge is -2.21. The summed E-state index contributed by atoms with van der Waals surface area (Å²) < 4.78 is 42.8. The van der Waals surface area contributed by atoms with Crippen LogP contribution < -0.4 is 0 Å². The fraction of sp³-hybridized carbons (Fsp3) is 0.280. The van der Waals surface area contributed by atoms with Crippen LogP contribution in [0.2, 0.25) is 0 Å². The van der Waals surface area contributed by atoms with Crippen molar-refractivity contribution in [2.75, 3.05) is 13.6 Å². The van der Waals surface area contributed by atoms with Gasteiger partial charge in [0.15, 0.2) is 5.17 Å². The number of carbonyl (C=O) groups excluding carboxylic acids is 1. The average molecular weight is 533 g/mol. The fourth-order valence-corrected chi connectivity index (χ4v) is 4.70. The van der Waals surface area contributed by atoms with Gasteiger partial charge in [0.05, 0.1) is 34.3 Å². The fourth-order valence-electron chi connectivity index (χ4n) is 3.82. The molecule has 1 aromatic heterocycles. The minimum absolute atomic E-state index is 0.0137. The Morgan fingerprint density at radius 1 is 1.19 bits per heavy atom. The molecule has 0 aliphatic carbocycles. The number of thioether (sulfide) groups is 1. The molecule has 1 aliphatic heterocycles. The molecular weight excluding hydrogens is 509 g/mol.